The van der Waals surface area contributed by atoms with E-state index in [0.717, 1.165) is 47.6 Å². The van der Waals surface area contributed by atoms with E-state index in [0.29, 0.717) is 79.0 Å². The van der Waals surface area contributed by atoms with E-state index in [1.165, 1.54) is 7.11 Å². The number of carbonyl (C=O) groups excluding carboxylic acids is 1. The van der Waals surface area contributed by atoms with Gasteiger partial charge in [0.1, 0.15) is 11.7 Å². The molecule has 1 aromatic carbocycles. The first-order chi connectivity index (χ1) is 26.1. The number of halogens is 4. The first-order valence-corrected chi connectivity index (χ1v) is 18.4. The van der Waals surface area contributed by atoms with Crippen LogP contribution in [0.2, 0.25) is 5.02 Å². The van der Waals surface area contributed by atoms with Crippen molar-refractivity contribution in [3.63, 3.8) is 0 Å². The molecule has 286 valence electrons. The molecule has 0 bridgehead atoms. The molecule has 3 aromatic heterocycles. The van der Waals surface area contributed by atoms with Crippen molar-refractivity contribution in [2.75, 3.05) is 34.0 Å². The van der Waals surface area contributed by atoms with Crippen LogP contribution >= 0.6 is 11.6 Å². The lowest BCUT2D eigenvalue weighted by Crippen LogP contribution is -2.35. The summed E-state index contributed by atoms with van der Waals surface area (Å²) in [5, 5.41) is 10.0. The summed E-state index contributed by atoms with van der Waals surface area (Å²) in [6.45, 7) is 2.52. The van der Waals surface area contributed by atoms with Crippen molar-refractivity contribution in [3.8, 4) is 40.2 Å². The van der Waals surface area contributed by atoms with Crippen LogP contribution in [0, 0.1) is 0 Å². The van der Waals surface area contributed by atoms with E-state index in [9.17, 15) is 18.0 Å². The smallest absolute Gasteiger partial charge is 0.421 e. The fourth-order valence-corrected chi connectivity index (χ4v) is 7.65. The molecule has 5 heterocycles. The first kappa shape index (κ1) is 37.8. The number of carbonyl (C=O) groups is 1. The van der Waals surface area contributed by atoms with Crippen LogP contribution in [0.5, 0.6) is 17.6 Å². The van der Waals surface area contributed by atoms with Crippen LogP contribution in [0.25, 0.3) is 22.5 Å². The average molecular weight is 767 g/mol. The maximum absolute atomic E-state index is 14.5. The Morgan fingerprint density at radius 3 is 2.46 bits per heavy atom. The number of hydrogen-bond acceptors (Lipinski definition) is 10. The molecule has 3 aliphatic rings. The summed E-state index contributed by atoms with van der Waals surface area (Å²) in [5.74, 6) is 0.0595. The molecule has 2 fully saturated rings. The number of alkyl halides is 3. The third-order valence-corrected chi connectivity index (χ3v) is 10.5. The molecule has 4 aromatic rings. The lowest BCUT2D eigenvalue weighted by molar-refractivity contribution is -0.139. The third-order valence-electron chi connectivity index (χ3n) is 10.1. The SMILES string of the molecule is COc1nc(-c2ccnc(-c3cccc4c3CC[C@@H]4Oc3nc(OC)c(CNC4CCOCC4)cc3C(F)(F)F)c2Cl)ccc1CNC[C@H]1CCC(=O)N1. The van der Waals surface area contributed by atoms with Gasteiger partial charge in [0.25, 0.3) is 0 Å². The molecular weight excluding hydrogens is 725 g/mol. The monoisotopic (exact) mass is 766 g/mol. The quantitative estimate of drug-likeness (QED) is 0.137. The number of hydrogen-bond donors (Lipinski definition) is 3. The molecule has 0 radical (unpaired) electrons. The second-order valence-electron chi connectivity index (χ2n) is 13.6. The van der Waals surface area contributed by atoms with E-state index < -0.39 is 23.7 Å². The zero-order chi connectivity index (χ0) is 37.8. The Bertz CT molecular complexity index is 1990. The van der Waals surface area contributed by atoms with Crippen molar-refractivity contribution < 1.29 is 36.9 Å². The predicted molar refractivity (Wildman–Crippen MR) is 195 cm³/mol. The zero-order valence-corrected chi connectivity index (χ0v) is 30.8. The van der Waals surface area contributed by atoms with Crippen molar-refractivity contribution in [3.05, 3.63) is 81.5 Å². The van der Waals surface area contributed by atoms with Crippen LogP contribution in [0.4, 0.5) is 13.2 Å². The van der Waals surface area contributed by atoms with Gasteiger partial charge in [0.05, 0.1) is 30.6 Å². The minimum Gasteiger partial charge on any atom is -0.481 e. The molecule has 7 rings (SSSR count). The lowest BCUT2D eigenvalue weighted by atomic mass is 9.98. The minimum absolute atomic E-state index is 0.0706. The second-order valence-corrected chi connectivity index (χ2v) is 14.0. The van der Waals surface area contributed by atoms with Gasteiger partial charge in [0.2, 0.25) is 23.5 Å². The van der Waals surface area contributed by atoms with Gasteiger partial charge in [-0.25, -0.2) is 4.98 Å². The number of amides is 1. The Hall–Kier alpha value is -4.50. The second kappa shape index (κ2) is 16.5. The summed E-state index contributed by atoms with van der Waals surface area (Å²) >= 11 is 7.06. The van der Waals surface area contributed by atoms with Crippen molar-refractivity contribution in [2.45, 2.75) is 76.0 Å². The van der Waals surface area contributed by atoms with E-state index in [4.69, 9.17) is 35.5 Å². The molecule has 0 unspecified atom stereocenters. The number of pyridine rings is 3. The molecule has 2 atom stereocenters. The van der Waals surface area contributed by atoms with Gasteiger partial charge in [0, 0.05) is 79.8 Å². The standard InChI is InChI=1S/C39H42ClF3N6O5/c1-51-36-22(19-44-21-25-7-11-33(50)47-25)6-9-31(48-36)29-12-15-45-35(34(29)40)28-5-3-4-27-26(28)8-10-32(27)54-38-30(39(41,42)43)18-23(37(49-38)52-2)20-46-24-13-16-53-17-14-24/h3-6,9,12,15,18,24-25,32,44,46H,7-8,10-11,13-14,16-17,19-21H2,1-2H3,(H,47,50)/t25-,32+/m1/s1. The molecule has 15 heteroatoms. The molecule has 2 saturated heterocycles. The van der Waals surface area contributed by atoms with E-state index in [2.05, 4.69) is 25.9 Å². The number of ether oxygens (including phenoxy) is 4. The minimum atomic E-state index is -4.71. The lowest BCUT2D eigenvalue weighted by Gasteiger charge is -2.24. The number of rotatable bonds is 13. The van der Waals surface area contributed by atoms with Gasteiger partial charge >= 0.3 is 6.18 Å². The van der Waals surface area contributed by atoms with Crippen LogP contribution in [-0.2, 0) is 35.2 Å². The number of nitrogens with zero attached hydrogens (tertiary/aromatic N) is 3. The highest BCUT2D eigenvalue weighted by Crippen LogP contribution is 2.45. The highest BCUT2D eigenvalue weighted by Gasteiger charge is 2.39. The maximum Gasteiger partial charge on any atom is 0.421 e. The Balaban J connectivity index is 1.12. The highest BCUT2D eigenvalue weighted by atomic mass is 35.5. The van der Waals surface area contributed by atoms with Crippen molar-refractivity contribution in [1.82, 2.24) is 30.9 Å². The van der Waals surface area contributed by atoms with Gasteiger partial charge < -0.3 is 34.9 Å². The fourth-order valence-electron chi connectivity index (χ4n) is 7.34. The van der Waals surface area contributed by atoms with Gasteiger partial charge in [0.15, 0.2) is 0 Å². The molecule has 11 nitrogen and oxygen atoms in total. The number of benzene rings is 1. The van der Waals surface area contributed by atoms with E-state index in [1.54, 1.807) is 19.4 Å². The number of nitrogens with one attached hydrogen (secondary N) is 3. The Kier molecular flexibility index (Phi) is 11.5. The summed E-state index contributed by atoms with van der Waals surface area (Å²) in [6, 6.07) is 12.5. The number of methoxy groups -OCH3 is 2. The van der Waals surface area contributed by atoms with Crippen LogP contribution in [0.15, 0.2) is 48.7 Å². The summed E-state index contributed by atoms with van der Waals surface area (Å²) in [4.78, 5) is 25.2. The fraction of sp³-hybridized carbons (Fsp3) is 0.436. The predicted octanol–water partition coefficient (Wildman–Crippen LogP) is 6.60. The Morgan fingerprint density at radius 2 is 1.72 bits per heavy atom. The van der Waals surface area contributed by atoms with Gasteiger partial charge in [-0.2, -0.15) is 18.2 Å². The average Bonchev–Trinajstić information content (AvgIpc) is 3.79. The summed E-state index contributed by atoms with van der Waals surface area (Å²) in [5.41, 5.74) is 4.34. The van der Waals surface area contributed by atoms with Gasteiger partial charge in [-0.1, -0.05) is 35.9 Å². The Morgan fingerprint density at radius 1 is 0.926 bits per heavy atom. The van der Waals surface area contributed by atoms with Crippen LogP contribution < -0.4 is 30.2 Å². The molecule has 0 spiro atoms. The molecule has 0 saturated carbocycles. The summed E-state index contributed by atoms with van der Waals surface area (Å²) < 4.78 is 66.0. The topological polar surface area (TPSA) is 129 Å². The van der Waals surface area contributed by atoms with Crippen LogP contribution in [0.3, 0.4) is 0 Å². The normalized spacial score (nSPS) is 18.7. The summed E-state index contributed by atoms with van der Waals surface area (Å²) in [7, 11) is 2.94. The number of fused-ring (bicyclic) bond motifs is 1. The zero-order valence-electron chi connectivity index (χ0n) is 30.0. The van der Waals surface area contributed by atoms with Crippen LogP contribution in [-0.4, -0.2) is 66.9 Å². The van der Waals surface area contributed by atoms with Crippen molar-refractivity contribution in [1.29, 1.82) is 0 Å². The highest BCUT2D eigenvalue weighted by molar-refractivity contribution is 6.35. The van der Waals surface area contributed by atoms with E-state index in [-0.39, 0.29) is 30.4 Å². The molecular formula is C39H42ClF3N6O5. The molecule has 3 N–H and O–H groups in total. The van der Waals surface area contributed by atoms with Crippen molar-refractivity contribution in [2.24, 2.45) is 0 Å². The van der Waals surface area contributed by atoms with E-state index >= 15 is 0 Å². The first-order valence-electron chi connectivity index (χ1n) is 18.1. The van der Waals surface area contributed by atoms with Crippen molar-refractivity contribution >= 4 is 17.5 Å². The molecule has 1 aliphatic carbocycles. The number of aromatic nitrogens is 3. The van der Waals surface area contributed by atoms with Crippen LogP contribution in [0.1, 0.15) is 66.0 Å². The Labute approximate surface area is 316 Å². The summed E-state index contributed by atoms with van der Waals surface area (Å²) in [6.07, 6.45) is 0.116. The van der Waals surface area contributed by atoms with E-state index in [1.807, 2.05) is 30.3 Å². The van der Waals surface area contributed by atoms with Gasteiger partial charge in [-0.05, 0) is 61.4 Å². The molecule has 2 aliphatic heterocycles. The van der Waals surface area contributed by atoms with Gasteiger partial charge in [-0.15, -0.1) is 0 Å². The third kappa shape index (κ3) is 8.26. The largest absolute Gasteiger partial charge is 0.481 e. The molecule has 1 amide bonds. The van der Waals surface area contributed by atoms with Gasteiger partial charge in [-0.3, -0.25) is 9.78 Å². The maximum atomic E-state index is 14.5. The molecule has 54 heavy (non-hydrogen) atoms.